The zero-order valence-corrected chi connectivity index (χ0v) is 13.9. The Labute approximate surface area is 192 Å². The van der Waals surface area contributed by atoms with Crippen LogP contribution < -0.4 is 0 Å². The Balaban J connectivity index is 0. The average Bonchev–Trinajstić information content (AvgIpc) is 3.01. The van der Waals surface area contributed by atoms with Crippen molar-refractivity contribution in [1.82, 2.24) is 0 Å². The molecule has 0 N–H and O–H groups in total. The maximum absolute atomic E-state index is 2.29. The van der Waals surface area contributed by atoms with Crippen molar-refractivity contribution >= 4 is 0 Å². The van der Waals surface area contributed by atoms with Crippen LogP contribution in [0.3, 0.4) is 0 Å². The fourth-order valence-corrected chi connectivity index (χ4v) is 4.40. The largest absolute Gasteiger partial charge is 0.0776 e. The van der Waals surface area contributed by atoms with Gasteiger partial charge in [-0.25, -0.2) is 0 Å². The molecule has 0 radical (unpaired) electrons. The molecule has 5 rings (SSSR count). The Morgan fingerprint density at radius 3 is 0.968 bits per heavy atom. The first-order chi connectivity index (χ1) is 12.4. The second kappa shape index (κ2) is 11.9. The van der Waals surface area contributed by atoms with E-state index in [1.165, 1.54) is 33.4 Å². The summed E-state index contributed by atoms with van der Waals surface area (Å²) in [7, 11) is 0. The lowest BCUT2D eigenvalue weighted by atomic mass is 9.68. The summed E-state index contributed by atoms with van der Waals surface area (Å²) >= 11 is 0. The summed E-state index contributed by atoms with van der Waals surface area (Å²) < 4.78 is 0. The third-order valence-corrected chi connectivity index (χ3v) is 5.37. The summed E-state index contributed by atoms with van der Waals surface area (Å²) in [6.45, 7) is 0. The van der Waals surface area contributed by atoms with Crippen molar-refractivity contribution in [2.75, 3.05) is 0 Å². The standard InChI is InChI=1S/C25H18.6CH4/c1-3-11-19(12-4-1)25(20-13-5-2-6-14-20)23-17-9-7-15-21(23)22-16-8-10-18-24(22)25;;;;;;/h1-18H;6*1H4. The summed E-state index contributed by atoms with van der Waals surface area (Å²) in [5.41, 5.74) is 7.80. The van der Waals surface area contributed by atoms with Crippen LogP contribution in [0.2, 0.25) is 0 Å². The third-order valence-electron chi connectivity index (χ3n) is 5.37. The van der Waals surface area contributed by atoms with Gasteiger partial charge in [-0.2, -0.15) is 0 Å². The molecule has 0 aromatic heterocycles. The molecule has 0 bridgehead atoms. The summed E-state index contributed by atoms with van der Waals surface area (Å²) in [4.78, 5) is 0. The smallest absolute Gasteiger partial charge is 0.0713 e. The van der Waals surface area contributed by atoms with Gasteiger partial charge in [0.05, 0.1) is 5.41 Å². The molecule has 166 valence electrons. The number of rotatable bonds is 2. The number of hydrogen-bond donors (Lipinski definition) is 0. The molecular weight excluding hydrogens is 372 g/mol. The lowest BCUT2D eigenvalue weighted by Crippen LogP contribution is -2.28. The topological polar surface area (TPSA) is 0 Å². The molecule has 1 aliphatic rings. The van der Waals surface area contributed by atoms with Crippen LogP contribution in [-0.2, 0) is 5.41 Å². The van der Waals surface area contributed by atoms with Crippen molar-refractivity contribution in [1.29, 1.82) is 0 Å². The van der Waals surface area contributed by atoms with Crippen LogP contribution in [0.4, 0.5) is 0 Å². The first kappa shape index (κ1) is 30.1. The van der Waals surface area contributed by atoms with Crippen LogP contribution in [0.15, 0.2) is 109 Å². The second-order valence-corrected chi connectivity index (χ2v) is 6.57. The van der Waals surface area contributed by atoms with Gasteiger partial charge >= 0.3 is 0 Å². The van der Waals surface area contributed by atoms with Gasteiger partial charge in [0.2, 0.25) is 0 Å². The Morgan fingerprint density at radius 2 is 0.613 bits per heavy atom. The van der Waals surface area contributed by atoms with Crippen molar-refractivity contribution < 1.29 is 0 Å². The molecule has 0 heteroatoms. The van der Waals surface area contributed by atoms with Gasteiger partial charge in [0.1, 0.15) is 0 Å². The second-order valence-electron chi connectivity index (χ2n) is 6.57. The van der Waals surface area contributed by atoms with Crippen LogP contribution in [0.5, 0.6) is 0 Å². The molecule has 0 heterocycles. The van der Waals surface area contributed by atoms with Gasteiger partial charge in [-0.1, -0.05) is 154 Å². The molecule has 0 unspecified atom stereocenters. The highest BCUT2D eigenvalue weighted by Crippen LogP contribution is 2.55. The molecule has 0 fully saturated rings. The predicted molar refractivity (Wildman–Crippen MR) is 144 cm³/mol. The number of benzene rings is 4. The molecule has 4 aromatic carbocycles. The Hall–Kier alpha value is -3.12. The Kier molecular flexibility index (Phi) is 11.6. The molecule has 0 aliphatic heterocycles. The minimum absolute atomic E-state index is 0. The SMILES string of the molecule is C.C.C.C.C.C.c1ccc(C2(c3ccccc3)c3ccccc3-c3ccccc32)cc1. The van der Waals surface area contributed by atoms with E-state index in [-0.39, 0.29) is 50.0 Å². The van der Waals surface area contributed by atoms with Crippen molar-refractivity contribution in [2.24, 2.45) is 0 Å². The van der Waals surface area contributed by atoms with E-state index in [1.807, 2.05) is 0 Å². The zero-order chi connectivity index (χ0) is 16.7. The minimum Gasteiger partial charge on any atom is -0.0776 e. The van der Waals surface area contributed by atoms with Crippen LogP contribution in [0, 0.1) is 0 Å². The molecule has 0 saturated carbocycles. The first-order valence-corrected chi connectivity index (χ1v) is 8.73. The molecular formula is C31H42. The molecule has 0 amide bonds. The van der Waals surface area contributed by atoms with E-state index in [1.54, 1.807) is 0 Å². The molecule has 1 aliphatic carbocycles. The summed E-state index contributed by atoms with van der Waals surface area (Å²) in [5, 5.41) is 0. The van der Waals surface area contributed by atoms with Crippen molar-refractivity contribution in [3.8, 4) is 11.1 Å². The maximum atomic E-state index is 2.29. The lowest BCUT2D eigenvalue weighted by Gasteiger charge is -2.33. The van der Waals surface area contributed by atoms with E-state index in [4.69, 9.17) is 0 Å². The predicted octanol–water partition coefficient (Wildman–Crippen LogP) is 9.87. The van der Waals surface area contributed by atoms with Crippen LogP contribution in [0.1, 0.15) is 66.8 Å². The molecule has 0 atom stereocenters. The first-order valence-electron chi connectivity index (χ1n) is 8.73. The lowest BCUT2D eigenvalue weighted by molar-refractivity contribution is 0.768. The normalized spacial score (nSPS) is 11.2. The van der Waals surface area contributed by atoms with Crippen LogP contribution in [-0.4, -0.2) is 0 Å². The summed E-state index contributed by atoms with van der Waals surface area (Å²) in [5.74, 6) is 0. The maximum Gasteiger partial charge on any atom is 0.0713 e. The molecule has 0 nitrogen and oxygen atoms in total. The summed E-state index contributed by atoms with van der Waals surface area (Å²) in [6, 6.07) is 39.5. The van der Waals surface area contributed by atoms with Gasteiger partial charge in [-0.05, 0) is 33.4 Å². The van der Waals surface area contributed by atoms with Crippen LogP contribution in [0.25, 0.3) is 11.1 Å². The van der Waals surface area contributed by atoms with Gasteiger partial charge in [-0.15, -0.1) is 0 Å². The van der Waals surface area contributed by atoms with Gasteiger partial charge in [0.25, 0.3) is 0 Å². The van der Waals surface area contributed by atoms with Crippen molar-refractivity contribution in [2.45, 2.75) is 50.0 Å². The molecule has 0 spiro atoms. The van der Waals surface area contributed by atoms with E-state index < -0.39 is 0 Å². The highest BCUT2D eigenvalue weighted by Gasteiger charge is 2.45. The van der Waals surface area contributed by atoms with Gasteiger partial charge in [-0.3, -0.25) is 0 Å². The van der Waals surface area contributed by atoms with E-state index in [9.17, 15) is 0 Å². The van der Waals surface area contributed by atoms with Gasteiger partial charge < -0.3 is 0 Å². The van der Waals surface area contributed by atoms with Crippen LogP contribution >= 0.6 is 0 Å². The number of hydrogen-bond acceptors (Lipinski definition) is 0. The Morgan fingerprint density at radius 1 is 0.323 bits per heavy atom. The number of fused-ring (bicyclic) bond motifs is 3. The van der Waals surface area contributed by atoms with E-state index >= 15 is 0 Å². The fourth-order valence-electron chi connectivity index (χ4n) is 4.40. The van der Waals surface area contributed by atoms with E-state index in [0.29, 0.717) is 0 Å². The molecule has 31 heavy (non-hydrogen) atoms. The average molecular weight is 415 g/mol. The quantitative estimate of drug-likeness (QED) is 0.269. The molecule has 0 saturated heterocycles. The van der Waals surface area contributed by atoms with Crippen molar-refractivity contribution in [3.05, 3.63) is 131 Å². The fraction of sp³-hybridized carbons (Fsp3) is 0.226. The summed E-state index contributed by atoms with van der Waals surface area (Å²) in [6.07, 6.45) is 0. The van der Waals surface area contributed by atoms with Crippen molar-refractivity contribution in [3.63, 3.8) is 0 Å². The highest BCUT2D eigenvalue weighted by molar-refractivity contribution is 5.86. The van der Waals surface area contributed by atoms with Gasteiger partial charge in [0, 0.05) is 0 Å². The van der Waals surface area contributed by atoms with E-state index in [2.05, 4.69) is 109 Å². The molecule has 4 aromatic rings. The monoisotopic (exact) mass is 414 g/mol. The third kappa shape index (κ3) is 4.21. The van der Waals surface area contributed by atoms with E-state index in [0.717, 1.165) is 0 Å². The minimum atomic E-state index is -0.254. The highest BCUT2D eigenvalue weighted by atomic mass is 14.5. The zero-order valence-electron chi connectivity index (χ0n) is 13.9. The Bertz CT molecular complexity index is 943. The van der Waals surface area contributed by atoms with Gasteiger partial charge in [0.15, 0.2) is 0 Å².